The van der Waals surface area contributed by atoms with Crippen molar-refractivity contribution in [3.05, 3.63) is 23.8 Å². The van der Waals surface area contributed by atoms with E-state index in [4.69, 9.17) is 0 Å². The first kappa shape index (κ1) is 12.6. The van der Waals surface area contributed by atoms with E-state index >= 15 is 0 Å². The zero-order valence-corrected chi connectivity index (χ0v) is 11.0. The van der Waals surface area contributed by atoms with E-state index < -0.39 is 0 Å². The fourth-order valence-electron chi connectivity index (χ4n) is 1.42. The van der Waals surface area contributed by atoms with E-state index in [1.807, 2.05) is 5.55 Å². The highest BCUT2D eigenvalue weighted by Crippen LogP contribution is 2.28. The normalized spacial score (nSPS) is 28.5. The molecule has 15 heavy (non-hydrogen) atoms. The summed E-state index contributed by atoms with van der Waals surface area (Å²) in [6.07, 6.45) is 7.86. The lowest BCUT2D eigenvalue weighted by Gasteiger charge is -2.21. The first-order valence-electron chi connectivity index (χ1n) is 5.56. The van der Waals surface area contributed by atoms with Crippen LogP contribution in [0.3, 0.4) is 0 Å². The van der Waals surface area contributed by atoms with Gasteiger partial charge in [-0.05, 0) is 17.4 Å². The van der Waals surface area contributed by atoms with Crippen molar-refractivity contribution in [3.8, 4) is 0 Å². The Morgan fingerprint density at radius 2 is 2.20 bits per heavy atom. The molecule has 1 rings (SSSR count). The number of hydrogen-bond donors (Lipinski definition) is 0. The average Bonchev–Trinajstić information content (AvgIpc) is 2.27. The molecule has 2 heteroatoms. The molecular weight excluding hydrogens is 202 g/mol. The summed E-state index contributed by atoms with van der Waals surface area (Å²) in [6, 6.07) is 0.342. The fraction of sp³-hybridized carbons (Fsp3) is 0.615. The SMILES string of the molecule is CCC1/C=C(C(C)(C)C)\C=C/CSC=N1. The third-order valence-corrected chi connectivity index (χ3v) is 3.13. The van der Waals surface area contributed by atoms with Gasteiger partial charge in [0.05, 0.1) is 11.6 Å². The Kier molecular flexibility index (Phi) is 4.65. The molecule has 1 heterocycles. The molecule has 0 saturated carbocycles. The van der Waals surface area contributed by atoms with Crippen molar-refractivity contribution in [3.63, 3.8) is 0 Å². The maximum atomic E-state index is 4.55. The van der Waals surface area contributed by atoms with Crippen molar-refractivity contribution in [2.24, 2.45) is 10.4 Å². The lowest BCUT2D eigenvalue weighted by atomic mass is 9.85. The van der Waals surface area contributed by atoms with Crippen LogP contribution in [0.4, 0.5) is 0 Å². The van der Waals surface area contributed by atoms with Gasteiger partial charge >= 0.3 is 0 Å². The van der Waals surface area contributed by atoms with Gasteiger partial charge in [0.15, 0.2) is 0 Å². The van der Waals surface area contributed by atoms with Gasteiger partial charge in [-0.2, -0.15) is 0 Å². The monoisotopic (exact) mass is 223 g/mol. The first-order chi connectivity index (χ1) is 7.04. The van der Waals surface area contributed by atoms with Crippen LogP contribution in [0.2, 0.25) is 0 Å². The Balaban J connectivity index is 2.96. The number of thioether (sulfide) groups is 1. The molecule has 0 fully saturated rings. The number of rotatable bonds is 1. The third kappa shape index (κ3) is 4.25. The molecule has 0 aromatic rings. The van der Waals surface area contributed by atoms with Gasteiger partial charge in [0.2, 0.25) is 0 Å². The fourth-order valence-corrected chi connectivity index (χ4v) is 1.96. The summed E-state index contributed by atoms with van der Waals surface area (Å²) < 4.78 is 0. The maximum absolute atomic E-state index is 4.55. The summed E-state index contributed by atoms with van der Waals surface area (Å²) in [5, 5.41) is 0. The van der Waals surface area contributed by atoms with Crippen molar-refractivity contribution >= 4 is 17.3 Å². The topological polar surface area (TPSA) is 12.4 Å². The van der Waals surface area contributed by atoms with E-state index in [0.29, 0.717) is 6.04 Å². The van der Waals surface area contributed by atoms with Gasteiger partial charge < -0.3 is 0 Å². The lowest BCUT2D eigenvalue weighted by Crippen LogP contribution is -2.10. The molecular formula is C13H21NS. The Labute approximate surface area is 97.8 Å². The summed E-state index contributed by atoms with van der Waals surface area (Å²) >= 11 is 1.76. The minimum Gasteiger partial charge on any atom is -0.279 e. The number of allylic oxidation sites excluding steroid dienone is 2. The Bertz CT molecular complexity index is 281. The summed E-state index contributed by atoms with van der Waals surface area (Å²) in [5.41, 5.74) is 3.60. The van der Waals surface area contributed by atoms with Crippen LogP contribution < -0.4 is 0 Å². The molecule has 1 aliphatic heterocycles. The van der Waals surface area contributed by atoms with Crippen molar-refractivity contribution in [2.45, 2.75) is 40.2 Å². The zero-order valence-electron chi connectivity index (χ0n) is 10.2. The molecule has 0 N–H and O–H groups in total. The van der Waals surface area contributed by atoms with Crippen molar-refractivity contribution in [2.75, 3.05) is 5.75 Å². The van der Waals surface area contributed by atoms with Gasteiger partial charge in [0, 0.05) is 5.75 Å². The number of hydrogen-bond acceptors (Lipinski definition) is 2. The molecule has 0 radical (unpaired) electrons. The second-order valence-electron chi connectivity index (χ2n) is 4.84. The van der Waals surface area contributed by atoms with Crippen LogP contribution in [-0.2, 0) is 0 Å². The van der Waals surface area contributed by atoms with E-state index in [0.717, 1.165) is 12.2 Å². The zero-order chi connectivity index (χ0) is 11.3. The molecule has 1 aliphatic rings. The smallest absolute Gasteiger partial charge is 0.0689 e. The summed E-state index contributed by atoms with van der Waals surface area (Å²) in [7, 11) is 0. The highest BCUT2D eigenvalue weighted by Gasteiger charge is 2.16. The molecule has 0 aromatic heterocycles. The van der Waals surface area contributed by atoms with Crippen LogP contribution in [0.1, 0.15) is 34.1 Å². The van der Waals surface area contributed by atoms with E-state index in [2.05, 4.69) is 50.9 Å². The first-order valence-corrected chi connectivity index (χ1v) is 6.61. The molecule has 0 aliphatic carbocycles. The lowest BCUT2D eigenvalue weighted by molar-refractivity contribution is 0.512. The summed E-state index contributed by atoms with van der Waals surface area (Å²) in [6.45, 7) is 8.95. The van der Waals surface area contributed by atoms with Gasteiger partial charge in [0.1, 0.15) is 0 Å². The van der Waals surface area contributed by atoms with Crippen molar-refractivity contribution in [1.82, 2.24) is 0 Å². The van der Waals surface area contributed by atoms with Crippen LogP contribution >= 0.6 is 11.8 Å². The predicted octanol–water partition coefficient (Wildman–Crippen LogP) is 4.07. The standard InChI is InChI=1S/C13H21NS/c1-5-12-9-11(13(2,3)4)7-6-8-15-10-14-12/h6-7,9-10,12H,5,8H2,1-4H3/b7-6-,11-9+,14-10?. The van der Waals surface area contributed by atoms with Crippen LogP contribution in [0.15, 0.2) is 28.8 Å². The minimum absolute atomic E-state index is 0.217. The van der Waals surface area contributed by atoms with Gasteiger partial charge in [-0.3, -0.25) is 4.99 Å². The molecule has 1 nitrogen and oxygen atoms in total. The molecule has 1 unspecified atom stereocenters. The second-order valence-corrected chi connectivity index (χ2v) is 5.72. The van der Waals surface area contributed by atoms with E-state index in [-0.39, 0.29) is 5.41 Å². The second kappa shape index (κ2) is 5.55. The Hall–Kier alpha value is -0.500. The van der Waals surface area contributed by atoms with Crippen LogP contribution in [-0.4, -0.2) is 17.3 Å². The Morgan fingerprint density at radius 3 is 2.80 bits per heavy atom. The quantitative estimate of drug-likeness (QED) is 0.653. The molecule has 84 valence electrons. The summed E-state index contributed by atoms with van der Waals surface area (Å²) in [5.74, 6) is 1.02. The highest BCUT2D eigenvalue weighted by atomic mass is 32.2. The van der Waals surface area contributed by atoms with E-state index in [1.165, 1.54) is 5.57 Å². The average molecular weight is 223 g/mol. The van der Waals surface area contributed by atoms with Crippen LogP contribution in [0, 0.1) is 5.41 Å². The molecule has 1 atom stereocenters. The van der Waals surface area contributed by atoms with Gasteiger partial charge in [-0.1, -0.05) is 45.9 Å². The summed E-state index contributed by atoms with van der Waals surface area (Å²) in [4.78, 5) is 4.55. The van der Waals surface area contributed by atoms with Crippen molar-refractivity contribution in [1.29, 1.82) is 0 Å². The predicted molar refractivity (Wildman–Crippen MR) is 71.7 cm³/mol. The molecule has 0 amide bonds. The number of aliphatic imine (C=N–C) groups is 1. The van der Waals surface area contributed by atoms with Gasteiger partial charge in [-0.15, -0.1) is 11.8 Å². The third-order valence-electron chi connectivity index (χ3n) is 2.47. The molecule has 0 spiro atoms. The Morgan fingerprint density at radius 1 is 1.47 bits per heavy atom. The van der Waals surface area contributed by atoms with Gasteiger partial charge in [-0.25, -0.2) is 0 Å². The molecule has 0 aromatic carbocycles. The molecule has 0 saturated heterocycles. The maximum Gasteiger partial charge on any atom is 0.0689 e. The van der Waals surface area contributed by atoms with Crippen LogP contribution in [0.25, 0.3) is 0 Å². The van der Waals surface area contributed by atoms with Crippen LogP contribution in [0.5, 0.6) is 0 Å². The van der Waals surface area contributed by atoms with E-state index in [1.54, 1.807) is 11.8 Å². The molecule has 0 bridgehead atoms. The number of nitrogens with zero attached hydrogens (tertiary/aromatic N) is 1. The minimum atomic E-state index is 0.217. The van der Waals surface area contributed by atoms with Gasteiger partial charge in [0.25, 0.3) is 0 Å². The van der Waals surface area contributed by atoms with Crippen molar-refractivity contribution < 1.29 is 0 Å². The highest BCUT2D eigenvalue weighted by molar-refractivity contribution is 8.12. The largest absolute Gasteiger partial charge is 0.279 e. The van der Waals surface area contributed by atoms with E-state index in [9.17, 15) is 0 Å².